The first-order valence-corrected chi connectivity index (χ1v) is 9.07. The molecule has 0 aliphatic heterocycles. The normalized spacial score (nSPS) is 14.0. The summed E-state index contributed by atoms with van der Waals surface area (Å²) in [5.74, 6) is 1.39. The molecule has 3 aromatic rings. The van der Waals surface area contributed by atoms with Crippen molar-refractivity contribution in [2.45, 2.75) is 38.8 Å². The number of hydrogen-bond acceptors (Lipinski definition) is 6. The van der Waals surface area contributed by atoms with Crippen LogP contribution >= 0.6 is 0 Å². The number of imidazole rings is 1. The Morgan fingerprint density at radius 3 is 2.69 bits per heavy atom. The second kappa shape index (κ2) is 6.48. The van der Waals surface area contributed by atoms with Crippen LogP contribution in [0.3, 0.4) is 0 Å². The van der Waals surface area contributed by atoms with Gasteiger partial charge in [-0.1, -0.05) is 6.07 Å². The Kier molecular flexibility index (Phi) is 4.14. The Hall–Kier alpha value is -2.83. The minimum absolute atomic E-state index is 0.286. The number of rotatable bonds is 6. The van der Waals surface area contributed by atoms with E-state index < -0.39 is 0 Å². The zero-order chi connectivity index (χ0) is 18.3. The summed E-state index contributed by atoms with van der Waals surface area (Å²) in [5, 5.41) is 6.84. The lowest BCUT2D eigenvalue weighted by Crippen LogP contribution is -2.10. The molecule has 0 amide bonds. The van der Waals surface area contributed by atoms with Crippen LogP contribution in [0.2, 0.25) is 0 Å². The van der Waals surface area contributed by atoms with Gasteiger partial charge in [0.25, 0.3) is 0 Å². The van der Waals surface area contributed by atoms with Crippen molar-refractivity contribution in [3.05, 3.63) is 30.6 Å². The lowest BCUT2D eigenvalue weighted by atomic mass is 10.2. The fourth-order valence-corrected chi connectivity index (χ4v) is 2.86. The number of hydrogen-bond donors (Lipinski definition) is 2. The largest absolute Gasteiger partial charge is 0.378 e. The van der Waals surface area contributed by atoms with E-state index in [-0.39, 0.29) is 6.04 Å². The number of anilines is 4. The van der Waals surface area contributed by atoms with E-state index in [9.17, 15) is 0 Å². The highest BCUT2D eigenvalue weighted by Crippen LogP contribution is 2.30. The molecule has 0 saturated heterocycles. The third-order valence-electron chi connectivity index (χ3n) is 4.51. The number of nitrogens with zero attached hydrogens (tertiary/aromatic N) is 5. The molecule has 0 atom stereocenters. The summed E-state index contributed by atoms with van der Waals surface area (Å²) >= 11 is 0. The average molecular weight is 351 g/mol. The molecule has 0 radical (unpaired) electrons. The quantitative estimate of drug-likeness (QED) is 0.704. The second-order valence-electron chi connectivity index (χ2n) is 7.30. The van der Waals surface area contributed by atoms with Gasteiger partial charge in [0.2, 0.25) is 5.95 Å². The van der Waals surface area contributed by atoms with Gasteiger partial charge in [-0.25, -0.2) is 4.98 Å². The van der Waals surface area contributed by atoms with Crippen molar-refractivity contribution < 1.29 is 0 Å². The van der Waals surface area contributed by atoms with Gasteiger partial charge in [0.1, 0.15) is 0 Å². The molecular formula is C19H25N7. The van der Waals surface area contributed by atoms with E-state index in [1.807, 2.05) is 32.6 Å². The minimum Gasteiger partial charge on any atom is -0.378 e. The van der Waals surface area contributed by atoms with Gasteiger partial charge in [0.15, 0.2) is 17.0 Å². The van der Waals surface area contributed by atoms with Crippen molar-refractivity contribution in [3.63, 3.8) is 0 Å². The van der Waals surface area contributed by atoms with Crippen LogP contribution in [-0.2, 0) is 0 Å². The molecule has 0 spiro atoms. The molecule has 7 heteroatoms. The molecule has 7 nitrogen and oxygen atoms in total. The third kappa shape index (κ3) is 3.29. The number of nitrogens with one attached hydrogen (secondary N) is 2. The fourth-order valence-electron chi connectivity index (χ4n) is 2.86. The molecule has 1 saturated carbocycles. The van der Waals surface area contributed by atoms with E-state index in [1.165, 1.54) is 12.8 Å². The van der Waals surface area contributed by atoms with E-state index in [2.05, 4.69) is 51.1 Å². The van der Waals surface area contributed by atoms with Gasteiger partial charge >= 0.3 is 0 Å². The van der Waals surface area contributed by atoms with Gasteiger partial charge in [-0.15, -0.1) is 0 Å². The standard InChI is InChI=1S/C19H25N7/c1-12(2)26-11-20-16-17(21-13-8-9-13)23-19(24-18(16)26)22-14-6-5-7-15(10-14)25(3)4/h5-7,10-13H,8-9H2,1-4H3,(H2,21,22,23,24). The molecule has 2 heterocycles. The highest BCUT2D eigenvalue weighted by Gasteiger charge is 2.24. The van der Waals surface area contributed by atoms with Gasteiger partial charge < -0.3 is 20.1 Å². The van der Waals surface area contributed by atoms with E-state index >= 15 is 0 Å². The highest BCUT2D eigenvalue weighted by molar-refractivity contribution is 5.85. The Morgan fingerprint density at radius 1 is 1.19 bits per heavy atom. The van der Waals surface area contributed by atoms with Crippen LogP contribution in [0.25, 0.3) is 11.2 Å². The molecule has 0 unspecified atom stereocenters. The van der Waals surface area contributed by atoms with Crippen LogP contribution in [0.4, 0.5) is 23.1 Å². The van der Waals surface area contributed by atoms with E-state index in [4.69, 9.17) is 9.97 Å². The van der Waals surface area contributed by atoms with Crippen LogP contribution < -0.4 is 15.5 Å². The molecule has 2 aromatic heterocycles. The maximum absolute atomic E-state index is 4.74. The van der Waals surface area contributed by atoms with Gasteiger partial charge in [-0.2, -0.15) is 9.97 Å². The maximum Gasteiger partial charge on any atom is 0.231 e. The monoisotopic (exact) mass is 351 g/mol. The first-order valence-electron chi connectivity index (χ1n) is 9.07. The van der Waals surface area contributed by atoms with Crippen molar-refractivity contribution in [1.82, 2.24) is 19.5 Å². The van der Waals surface area contributed by atoms with Crippen molar-refractivity contribution in [2.75, 3.05) is 29.6 Å². The zero-order valence-electron chi connectivity index (χ0n) is 15.7. The second-order valence-corrected chi connectivity index (χ2v) is 7.30. The molecular weight excluding hydrogens is 326 g/mol. The lowest BCUT2D eigenvalue weighted by Gasteiger charge is -2.15. The fraction of sp³-hybridized carbons (Fsp3) is 0.421. The van der Waals surface area contributed by atoms with Crippen molar-refractivity contribution in [1.29, 1.82) is 0 Å². The van der Waals surface area contributed by atoms with E-state index in [0.29, 0.717) is 12.0 Å². The predicted molar refractivity (Wildman–Crippen MR) is 106 cm³/mol. The smallest absolute Gasteiger partial charge is 0.231 e. The van der Waals surface area contributed by atoms with Gasteiger partial charge in [-0.05, 0) is 44.9 Å². The minimum atomic E-state index is 0.286. The van der Waals surface area contributed by atoms with Gasteiger partial charge in [0, 0.05) is 37.6 Å². The van der Waals surface area contributed by atoms with Crippen molar-refractivity contribution >= 4 is 34.3 Å². The van der Waals surface area contributed by atoms with E-state index in [1.54, 1.807) is 0 Å². The first-order chi connectivity index (χ1) is 12.5. The highest BCUT2D eigenvalue weighted by atomic mass is 15.2. The lowest BCUT2D eigenvalue weighted by molar-refractivity contribution is 0.613. The van der Waals surface area contributed by atoms with E-state index in [0.717, 1.165) is 28.4 Å². The molecule has 0 bridgehead atoms. The van der Waals surface area contributed by atoms with Gasteiger partial charge in [0.05, 0.1) is 6.33 Å². The molecule has 4 rings (SSSR count). The zero-order valence-corrected chi connectivity index (χ0v) is 15.7. The topological polar surface area (TPSA) is 70.9 Å². The Balaban J connectivity index is 1.74. The summed E-state index contributed by atoms with van der Waals surface area (Å²) in [5.41, 5.74) is 3.77. The predicted octanol–water partition coefficient (Wildman–Crippen LogP) is 3.79. The number of fused-ring (bicyclic) bond motifs is 1. The molecule has 2 N–H and O–H groups in total. The van der Waals surface area contributed by atoms with Crippen LogP contribution in [0, 0.1) is 0 Å². The number of aromatic nitrogens is 4. The maximum atomic E-state index is 4.74. The Morgan fingerprint density at radius 2 is 2.00 bits per heavy atom. The van der Waals surface area contributed by atoms with Crippen molar-refractivity contribution in [3.8, 4) is 0 Å². The number of benzene rings is 1. The summed E-state index contributed by atoms with van der Waals surface area (Å²) in [6, 6.07) is 8.99. The molecule has 136 valence electrons. The summed E-state index contributed by atoms with van der Waals surface area (Å²) in [6.07, 6.45) is 4.21. The molecule has 1 aliphatic carbocycles. The molecule has 1 aliphatic rings. The third-order valence-corrected chi connectivity index (χ3v) is 4.51. The van der Waals surface area contributed by atoms with Crippen LogP contribution in [-0.4, -0.2) is 39.7 Å². The van der Waals surface area contributed by atoms with Crippen LogP contribution in [0.5, 0.6) is 0 Å². The summed E-state index contributed by atoms with van der Waals surface area (Å²) < 4.78 is 2.08. The summed E-state index contributed by atoms with van der Waals surface area (Å²) in [7, 11) is 4.06. The molecule has 1 aromatic carbocycles. The first kappa shape index (κ1) is 16.6. The van der Waals surface area contributed by atoms with Crippen molar-refractivity contribution in [2.24, 2.45) is 0 Å². The SMILES string of the molecule is CC(C)n1cnc2c(NC3CC3)nc(Nc3cccc(N(C)C)c3)nc21. The molecule has 26 heavy (non-hydrogen) atoms. The van der Waals surface area contributed by atoms with Crippen LogP contribution in [0.15, 0.2) is 30.6 Å². The summed E-state index contributed by atoms with van der Waals surface area (Å²) in [4.78, 5) is 16.1. The van der Waals surface area contributed by atoms with Gasteiger partial charge in [-0.3, -0.25) is 0 Å². The molecule has 1 fully saturated rings. The average Bonchev–Trinajstić information content (AvgIpc) is 3.30. The Bertz CT molecular complexity index is 925. The Labute approximate surface area is 153 Å². The summed E-state index contributed by atoms with van der Waals surface area (Å²) in [6.45, 7) is 4.26. The van der Waals surface area contributed by atoms with Crippen LogP contribution in [0.1, 0.15) is 32.7 Å².